The molecule has 1 aliphatic heterocycles. The summed E-state index contributed by atoms with van der Waals surface area (Å²) in [5, 5.41) is 15.2. The van der Waals surface area contributed by atoms with Crippen LogP contribution in [0.3, 0.4) is 0 Å². The maximum atomic E-state index is 5.96. The fourth-order valence-corrected chi connectivity index (χ4v) is 3.67. The van der Waals surface area contributed by atoms with E-state index in [1.807, 2.05) is 42.5 Å². The fourth-order valence-electron chi connectivity index (χ4n) is 2.86. The summed E-state index contributed by atoms with van der Waals surface area (Å²) in [6, 6.07) is 18.2. The number of benzene rings is 2. The molecule has 3 heterocycles. The molecule has 2 aromatic carbocycles. The Hall–Kier alpha value is -2.86. The van der Waals surface area contributed by atoms with E-state index in [4.69, 9.17) is 9.52 Å². The van der Waals surface area contributed by atoms with Crippen LogP contribution in [0.5, 0.6) is 0 Å². The van der Waals surface area contributed by atoms with E-state index >= 15 is 0 Å². The molecule has 0 unspecified atom stereocenters. The maximum absolute atomic E-state index is 5.96. The third-order valence-electron chi connectivity index (χ3n) is 4.19. The van der Waals surface area contributed by atoms with Crippen molar-refractivity contribution in [2.75, 3.05) is 5.75 Å². The highest BCUT2D eigenvalue weighted by atomic mass is 32.2. The minimum atomic E-state index is 0.714. The lowest BCUT2D eigenvalue weighted by molar-refractivity contribution is 0.601. The lowest BCUT2D eigenvalue weighted by atomic mass is 10.1. The van der Waals surface area contributed by atoms with Crippen LogP contribution in [0, 0.1) is 6.92 Å². The van der Waals surface area contributed by atoms with Gasteiger partial charge in [-0.2, -0.15) is 9.78 Å². The van der Waals surface area contributed by atoms with Crippen LogP contribution in [0.1, 0.15) is 11.3 Å². The molecule has 1 aliphatic rings. The summed E-state index contributed by atoms with van der Waals surface area (Å²) in [6.07, 6.45) is 0. The van der Waals surface area contributed by atoms with E-state index in [0.717, 1.165) is 39.0 Å². The molecule has 122 valence electrons. The van der Waals surface area contributed by atoms with Gasteiger partial charge in [0.1, 0.15) is 11.3 Å². The zero-order valence-electron chi connectivity index (χ0n) is 13.5. The van der Waals surface area contributed by atoms with Gasteiger partial charge >= 0.3 is 0 Å². The minimum Gasteiger partial charge on any atom is -0.455 e. The Morgan fingerprint density at radius 2 is 1.88 bits per heavy atom. The van der Waals surface area contributed by atoms with Crippen molar-refractivity contribution in [2.24, 2.45) is 5.10 Å². The highest BCUT2D eigenvalue weighted by Crippen LogP contribution is 2.30. The Morgan fingerprint density at radius 1 is 1.04 bits per heavy atom. The number of furan rings is 1. The van der Waals surface area contributed by atoms with Crippen LogP contribution in [-0.4, -0.2) is 26.3 Å². The van der Waals surface area contributed by atoms with Crippen LogP contribution in [0.15, 0.2) is 69.3 Å². The second-order valence-electron chi connectivity index (χ2n) is 5.97. The average molecular weight is 346 g/mol. The molecular formula is C19H14N4OS. The molecular weight excluding hydrogens is 332 g/mol. The van der Waals surface area contributed by atoms with Crippen LogP contribution in [0.2, 0.25) is 0 Å². The van der Waals surface area contributed by atoms with Gasteiger partial charge in [0.05, 0.1) is 0 Å². The molecule has 4 aromatic rings. The summed E-state index contributed by atoms with van der Waals surface area (Å²) >= 11 is 1.62. The lowest BCUT2D eigenvalue weighted by Gasteiger charge is -2.12. The number of hydrogen-bond donors (Lipinski definition) is 0. The minimum absolute atomic E-state index is 0.714. The van der Waals surface area contributed by atoms with Crippen LogP contribution in [0.25, 0.3) is 22.4 Å². The van der Waals surface area contributed by atoms with Gasteiger partial charge in [-0.15, -0.1) is 10.2 Å². The Kier molecular flexibility index (Phi) is 3.24. The Morgan fingerprint density at radius 3 is 2.72 bits per heavy atom. The zero-order chi connectivity index (χ0) is 16.8. The summed E-state index contributed by atoms with van der Waals surface area (Å²) in [6.45, 7) is 2.07. The molecule has 0 N–H and O–H groups in total. The number of thioether (sulfide) groups is 1. The van der Waals surface area contributed by atoms with Crippen LogP contribution >= 0.6 is 11.8 Å². The summed E-state index contributed by atoms with van der Waals surface area (Å²) in [7, 11) is 0. The van der Waals surface area contributed by atoms with E-state index in [0.29, 0.717) is 5.75 Å². The summed E-state index contributed by atoms with van der Waals surface area (Å²) < 4.78 is 7.77. The quantitative estimate of drug-likeness (QED) is 0.541. The second-order valence-corrected chi connectivity index (χ2v) is 6.91. The molecule has 0 radical (unpaired) electrons. The van der Waals surface area contributed by atoms with E-state index in [1.165, 1.54) is 5.56 Å². The van der Waals surface area contributed by atoms with E-state index in [9.17, 15) is 0 Å². The van der Waals surface area contributed by atoms with Gasteiger partial charge in [-0.05, 0) is 19.1 Å². The third-order valence-corrected chi connectivity index (χ3v) is 5.12. The molecule has 0 aliphatic carbocycles. The number of fused-ring (bicyclic) bond motifs is 2. The zero-order valence-corrected chi connectivity index (χ0v) is 14.3. The van der Waals surface area contributed by atoms with Gasteiger partial charge < -0.3 is 4.42 Å². The van der Waals surface area contributed by atoms with Crippen molar-refractivity contribution in [3.05, 3.63) is 65.9 Å². The molecule has 6 heteroatoms. The van der Waals surface area contributed by atoms with Crippen LogP contribution in [-0.2, 0) is 0 Å². The normalized spacial score (nSPS) is 13.7. The predicted molar refractivity (Wildman–Crippen MR) is 99.1 cm³/mol. The lowest BCUT2D eigenvalue weighted by Crippen LogP contribution is -2.13. The van der Waals surface area contributed by atoms with Crippen molar-refractivity contribution in [2.45, 2.75) is 12.1 Å². The molecule has 2 aromatic heterocycles. The van der Waals surface area contributed by atoms with Crippen molar-refractivity contribution < 1.29 is 4.42 Å². The molecule has 0 bridgehead atoms. The summed E-state index contributed by atoms with van der Waals surface area (Å²) in [4.78, 5) is 0. The van der Waals surface area contributed by atoms with E-state index in [2.05, 4.69) is 29.3 Å². The van der Waals surface area contributed by atoms with E-state index in [1.54, 1.807) is 16.4 Å². The van der Waals surface area contributed by atoms with Crippen LogP contribution in [0.4, 0.5) is 0 Å². The number of hydrogen-bond acceptors (Lipinski definition) is 5. The molecule has 0 fully saturated rings. The number of aryl methyl sites for hydroxylation is 1. The van der Waals surface area contributed by atoms with Gasteiger partial charge in [-0.3, -0.25) is 0 Å². The molecule has 5 rings (SSSR count). The standard InChI is InChI=1S/C19H14N4OS/c1-12-6-8-13(9-7-12)18-20-21-19-23(18)22-15(11-25-19)17-10-14-4-2-3-5-16(14)24-17/h2-10H,11H2,1H3. The van der Waals surface area contributed by atoms with Gasteiger partial charge in [0.15, 0.2) is 11.6 Å². The third kappa shape index (κ3) is 2.46. The molecule has 0 saturated heterocycles. The summed E-state index contributed by atoms with van der Waals surface area (Å²) in [5.41, 5.74) is 3.97. The van der Waals surface area contributed by atoms with Crippen molar-refractivity contribution >= 4 is 28.4 Å². The highest BCUT2D eigenvalue weighted by molar-refractivity contribution is 7.99. The average Bonchev–Trinajstić information content (AvgIpc) is 3.26. The van der Waals surface area contributed by atoms with Gasteiger partial charge in [-0.1, -0.05) is 59.8 Å². The highest BCUT2D eigenvalue weighted by Gasteiger charge is 2.22. The Labute approximate surface area is 148 Å². The van der Waals surface area contributed by atoms with E-state index < -0.39 is 0 Å². The first kappa shape index (κ1) is 14.5. The monoisotopic (exact) mass is 346 g/mol. The molecule has 25 heavy (non-hydrogen) atoms. The fraction of sp³-hybridized carbons (Fsp3) is 0.105. The first-order chi connectivity index (χ1) is 12.3. The molecule has 0 atom stereocenters. The van der Waals surface area contributed by atoms with Gasteiger partial charge in [0, 0.05) is 16.7 Å². The second kappa shape index (κ2) is 5.60. The predicted octanol–water partition coefficient (Wildman–Crippen LogP) is 4.36. The van der Waals surface area contributed by atoms with Gasteiger partial charge in [0.2, 0.25) is 5.16 Å². The number of para-hydroxylation sites is 1. The van der Waals surface area contributed by atoms with Gasteiger partial charge in [-0.25, -0.2) is 0 Å². The van der Waals surface area contributed by atoms with Crippen molar-refractivity contribution in [3.63, 3.8) is 0 Å². The summed E-state index contributed by atoms with van der Waals surface area (Å²) in [5.74, 6) is 2.25. The number of rotatable bonds is 2. The smallest absolute Gasteiger partial charge is 0.212 e. The van der Waals surface area contributed by atoms with Gasteiger partial charge in [0.25, 0.3) is 0 Å². The SMILES string of the molecule is Cc1ccc(-c2nnc3n2N=C(c2cc4ccccc4o2)CS3)cc1. The molecule has 0 spiro atoms. The topological polar surface area (TPSA) is 56.2 Å². The number of nitrogens with zero attached hydrogens (tertiary/aromatic N) is 4. The molecule has 0 saturated carbocycles. The van der Waals surface area contributed by atoms with Crippen molar-refractivity contribution in [1.29, 1.82) is 0 Å². The van der Waals surface area contributed by atoms with E-state index in [-0.39, 0.29) is 0 Å². The Bertz CT molecular complexity index is 1080. The molecule has 5 nitrogen and oxygen atoms in total. The molecule has 0 amide bonds. The van der Waals surface area contributed by atoms with Crippen LogP contribution < -0.4 is 0 Å². The first-order valence-electron chi connectivity index (χ1n) is 8.00. The van der Waals surface area contributed by atoms with Crippen molar-refractivity contribution in [3.8, 4) is 11.4 Å². The Balaban J connectivity index is 1.61. The first-order valence-corrected chi connectivity index (χ1v) is 8.98. The van der Waals surface area contributed by atoms with Crippen molar-refractivity contribution in [1.82, 2.24) is 14.9 Å². The number of aromatic nitrogens is 3. The maximum Gasteiger partial charge on any atom is 0.212 e. The largest absolute Gasteiger partial charge is 0.455 e.